The number of benzene rings is 1. The monoisotopic (exact) mass is 336 g/mol. The van der Waals surface area contributed by atoms with Crippen molar-refractivity contribution in [1.82, 2.24) is 9.80 Å². The smallest absolute Gasteiger partial charge is 0.237 e. The molecule has 1 aromatic carbocycles. The van der Waals surface area contributed by atoms with Gasteiger partial charge in [-0.2, -0.15) is 11.8 Å². The van der Waals surface area contributed by atoms with Crippen molar-refractivity contribution in [3.05, 3.63) is 35.9 Å². The highest BCUT2D eigenvalue weighted by Gasteiger charge is 2.26. The van der Waals surface area contributed by atoms with Crippen molar-refractivity contribution in [3.63, 3.8) is 0 Å². The van der Waals surface area contributed by atoms with Crippen LogP contribution in [0.1, 0.15) is 25.8 Å². The van der Waals surface area contributed by atoms with E-state index in [1.165, 1.54) is 5.75 Å². The standard InChI is InChI=1S/C18H28N2O2S/c1-18(2,22)14-20(11-15-7-5-4-6-8-15)17(21)12-19(3)16-9-10-23-13-16/h4-8,16,22H,9-14H2,1-3H3. The number of likely N-dealkylation sites (N-methyl/N-ethyl adjacent to an activating group) is 1. The molecule has 5 heteroatoms. The van der Waals surface area contributed by atoms with Gasteiger partial charge in [0.1, 0.15) is 0 Å². The van der Waals surface area contributed by atoms with Crippen LogP contribution < -0.4 is 0 Å². The number of hydrogen-bond donors (Lipinski definition) is 1. The fraction of sp³-hybridized carbons (Fsp3) is 0.611. The Balaban J connectivity index is 2.01. The molecule has 0 bridgehead atoms. The van der Waals surface area contributed by atoms with Crippen LogP contribution in [0.25, 0.3) is 0 Å². The zero-order valence-electron chi connectivity index (χ0n) is 14.4. The minimum atomic E-state index is -0.897. The number of aliphatic hydroxyl groups is 1. The molecule has 1 aliphatic heterocycles. The first-order valence-corrected chi connectivity index (χ1v) is 9.33. The van der Waals surface area contributed by atoms with Gasteiger partial charge in [-0.05, 0) is 38.6 Å². The normalized spacial score (nSPS) is 18.4. The third-order valence-corrected chi connectivity index (χ3v) is 5.21. The number of carbonyl (C=O) groups is 1. The number of rotatable bonds is 7. The lowest BCUT2D eigenvalue weighted by Gasteiger charge is -2.32. The highest BCUT2D eigenvalue weighted by atomic mass is 32.2. The lowest BCUT2D eigenvalue weighted by atomic mass is 10.1. The van der Waals surface area contributed by atoms with E-state index in [-0.39, 0.29) is 5.91 Å². The Morgan fingerprint density at radius 3 is 2.61 bits per heavy atom. The van der Waals surface area contributed by atoms with Crippen LogP contribution in [0, 0.1) is 0 Å². The highest BCUT2D eigenvalue weighted by Crippen LogP contribution is 2.21. The van der Waals surface area contributed by atoms with Crippen LogP contribution in [0.5, 0.6) is 0 Å². The van der Waals surface area contributed by atoms with Gasteiger partial charge in [0, 0.05) is 24.9 Å². The van der Waals surface area contributed by atoms with Crippen LogP contribution in [0.15, 0.2) is 30.3 Å². The number of carbonyl (C=O) groups excluding carboxylic acids is 1. The first kappa shape index (κ1) is 18.3. The number of thioether (sulfide) groups is 1. The van der Waals surface area contributed by atoms with E-state index in [0.29, 0.717) is 25.7 Å². The van der Waals surface area contributed by atoms with Crippen LogP contribution in [0.4, 0.5) is 0 Å². The average Bonchev–Trinajstić information content (AvgIpc) is 3.00. The van der Waals surface area contributed by atoms with Gasteiger partial charge in [-0.25, -0.2) is 0 Å². The molecule has 1 atom stereocenters. The van der Waals surface area contributed by atoms with Gasteiger partial charge >= 0.3 is 0 Å². The molecular weight excluding hydrogens is 308 g/mol. The van der Waals surface area contributed by atoms with E-state index in [4.69, 9.17) is 0 Å². The fourth-order valence-corrected chi connectivity index (χ4v) is 4.11. The van der Waals surface area contributed by atoms with Crippen LogP contribution in [-0.4, -0.2) is 64.1 Å². The zero-order chi connectivity index (χ0) is 16.9. The summed E-state index contributed by atoms with van der Waals surface area (Å²) >= 11 is 1.95. The highest BCUT2D eigenvalue weighted by molar-refractivity contribution is 7.99. The van der Waals surface area contributed by atoms with Gasteiger partial charge in [-0.1, -0.05) is 30.3 Å². The largest absolute Gasteiger partial charge is 0.389 e. The summed E-state index contributed by atoms with van der Waals surface area (Å²) in [5.74, 6) is 2.37. The van der Waals surface area contributed by atoms with Crippen LogP contribution in [-0.2, 0) is 11.3 Å². The lowest BCUT2D eigenvalue weighted by molar-refractivity contribution is -0.136. The van der Waals surface area contributed by atoms with Crippen molar-refractivity contribution in [3.8, 4) is 0 Å². The summed E-state index contributed by atoms with van der Waals surface area (Å²) in [4.78, 5) is 16.7. The van der Waals surface area contributed by atoms with Crippen LogP contribution in [0.2, 0.25) is 0 Å². The molecule has 1 unspecified atom stereocenters. The van der Waals surface area contributed by atoms with Gasteiger partial charge in [0.2, 0.25) is 5.91 Å². The number of nitrogens with zero attached hydrogens (tertiary/aromatic N) is 2. The zero-order valence-corrected chi connectivity index (χ0v) is 15.2. The maximum absolute atomic E-state index is 12.8. The van der Waals surface area contributed by atoms with Gasteiger partial charge in [0.15, 0.2) is 0 Å². The summed E-state index contributed by atoms with van der Waals surface area (Å²) in [5, 5.41) is 10.1. The van der Waals surface area contributed by atoms with Gasteiger partial charge in [-0.3, -0.25) is 9.69 Å². The van der Waals surface area contributed by atoms with Crippen molar-refractivity contribution in [1.29, 1.82) is 0 Å². The Morgan fingerprint density at radius 1 is 1.35 bits per heavy atom. The van der Waals surface area contributed by atoms with Gasteiger partial charge < -0.3 is 10.0 Å². The molecule has 1 amide bonds. The second-order valence-electron chi connectivity index (χ2n) is 6.98. The van der Waals surface area contributed by atoms with E-state index in [1.54, 1.807) is 18.7 Å². The first-order valence-electron chi connectivity index (χ1n) is 8.17. The first-order chi connectivity index (χ1) is 10.8. The van der Waals surface area contributed by atoms with Crippen molar-refractivity contribution < 1.29 is 9.90 Å². The number of hydrogen-bond acceptors (Lipinski definition) is 4. The Labute approximate surface area is 143 Å². The molecule has 4 nitrogen and oxygen atoms in total. The Morgan fingerprint density at radius 2 is 2.04 bits per heavy atom. The van der Waals surface area contributed by atoms with Crippen molar-refractivity contribution in [2.75, 3.05) is 31.6 Å². The van der Waals surface area contributed by atoms with Gasteiger partial charge in [0.25, 0.3) is 0 Å². The van der Waals surface area contributed by atoms with Crippen LogP contribution in [0.3, 0.4) is 0 Å². The molecule has 0 saturated carbocycles. The quantitative estimate of drug-likeness (QED) is 0.829. The van der Waals surface area contributed by atoms with Gasteiger partial charge in [0.05, 0.1) is 12.1 Å². The van der Waals surface area contributed by atoms with Crippen LogP contribution >= 0.6 is 11.8 Å². The van der Waals surface area contributed by atoms with Gasteiger partial charge in [-0.15, -0.1) is 0 Å². The fourth-order valence-electron chi connectivity index (χ4n) is 2.82. The van der Waals surface area contributed by atoms with Crippen molar-refractivity contribution in [2.24, 2.45) is 0 Å². The molecule has 0 spiro atoms. The Hall–Kier alpha value is -1.04. The van der Waals surface area contributed by atoms with E-state index in [1.807, 2.05) is 49.1 Å². The molecule has 0 radical (unpaired) electrons. The molecular formula is C18H28N2O2S. The van der Waals surface area contributed by atoms with E-state index >= 15 is 0 Å². The topological polar surface area (TPSA) is 43.8 Å². The second kappa shape index (κ2) is 8.18. The van der Waals surface area contributed by atoms with E-state index in [2.05, 4.69) is 4.90 Å². The summed E-state index contributed by atoms with van der Waals surface area (Å²) in [7, 11) is 2.03. The summed E-state index contributed by atoms with van der Waals surface area (Å²) in [5.41, 5.74) is 0.191. The summed E-state index contributed by atoms with van der Waals surface area (Å²) in [6.45, 7) is 4.78. The summed E-state index contributed by atoms with van der Waals surface area (Å²) in [6.07, 6.45) is 1.15. The predicted molar refractivity (Wildman–Crippen MR) is 96.5 cm³/mol. The minimum absolute atomic E-state index is 0.0791. The predicted octanol–water partition coefficient (Wildman–Crippen LogP) is 2.22. The third kappa shape index (κ3) is 6.16. The second-order valence-corrected chi connectivity index (χ2v) is 8.13. The molecule has 1 fully saturated rings. The number of amides is 1. The maximum Gasteiger partial charge on any atom is 0.237 e. The Kier molecular flexibility index (Phi) is 6.50. The maximum atomic E-state index is 12.8. The molecule has 2 rings (SSSR count). The molecule has 1 heterocycles. The van der Waals surface area contributed by atoms with E-state index in [9.17, 15) is 9.90 Å². The third-order valence-electron chi connectivity index (χ3n) is 4.06. The minimum Gasteiger partial charge on any atom is -0.389 e. The SMILES string of the molecule is CN(CC(=O)N(Cc1ccccc1)CC(C)(C)O)C1CCSC1. The molecule has 128 valence electrons. The molecule has 1 N–H and O–H groups in total. The Bertz CT molecular complexity index is 495. The molecule has 1 aliphatic rings. The molecule has 1 aromatic rings. The molecule has 23 heavy (non-hydrogen) atoms. The molecule has 0 aliphatic carbocycles. The lowest BCUT2D eigenvalue weighted by Crippen LogP contribution is -2.47. The molecule has 0 aromatic heterocycles. The van der Waals surface area contributed by atoms with E-state index in [0.717, 1.165) is 17.7 Å². The summed E-state index contributed by atoms with van der Waals surface area (Å²) < 4.78 is 0. The van der Waals surface area contributed by atoms with Crippen molar-refractivity contribution in [2.45, 2.75) is 38.5 Å². The van der Waals surface area contributed by atoms with Crippen molar-refractivity contribution >= 4 is 17.7 Å². The summed E-state index contributed by atoms with van der Waals surface area (Å²) in [6, 6.07) is 10.4. The average molecular weight is 337 g/mol. The van der Waals surface area contributed by atoms with E-state index < -0.39 is 5.60 Å². The molecule has 1 saturated heterocycles.